The fraction of sp³-hybridized carbons (Fsp3) is 0.222. The maximum absolute atomic E-state index is 12.2. The number of hydrogen-bond donors (Lipinski definition) is 0. The number of benzene rings is 1. The van der Waals surface area contributed by atoms with Crippen molar-refractivity contribution < 1.29 is 4.79 Å². The molecule has 1 aromatic heterocycles. The highest BCUT2D eigenvalue weighted by molar-refractivity contribution is 5.92. The Bertz CT molecular complexity index is 713. The number of hydrogen-bond acceptors (Lipinski definition) is 2. The predicted molar refractivity (Wildman–Crippen MR) is 87.9 cm³/mol. The molecule has 0 bridgehead atoms. The van der Waals surface area contributed by atoms with Crippen LogP contribution in [0.4, 0.5) is 0 Å². The van der Waals surface area contributed by atoms with Gasteiger partial charge in [-0.2, -0.15) is 5.10 Å². The van der Waals surface area contributed by atoms with E-state index >= 15 is 0 Å². The van der Waals surface area contributed by atoms with Crippen LogP contribution in [0.25, 0.3) is 11.6 Å². The summed E-state index contributed by atoms with van der Waals surface area (Å²) in [5.74, 6) is 0.0483. The van der Waals surface area contributed by atoms with E-state index in [9.17, 15) is 4.79 Å². The highest BCUT2D eigenvalue weighted by atomic mass is 16.2. The molecule has 0 saturated heterocycles. The van der Waals surface area contributed by atoms with Crippen molar-refractivity contribution in [2.24, 2.45) is 7.05 Å². The van der Waals surface area contributed by atoms with Gasteiger partial charge in [-0.15, -0.1) is 0 Å². The number of carbonyl (C=O) groups excluding carboxylic acids is 1. The Hall–Kier alpha value is -2.62. The third kappa shape index (κ3) is 3.34. The lowest BCUT2D eigenvalue weighted by Gasteiger charge is -2.25. The van der Waals surface area contributed by atoms with Gasteiger partial charge in [0.1, 0.15) is 0 Å². The Morgan fingerprint density at radius 3 is 2.73 bits per heavy atom. The topological polar surface area (TPSA) is 38.1 Å². The molecule has 1 aliphatic rings. The second-order valence-corrected chi connectivity index (χ2v) is 5.41. The van der Waals surface area contributed by atoms with Crippen molar-refractivity contribution in [2.45, 2.75) is 6.42 Å². The van der Waals surface area contributed by atoms with E-state index < -0.39 is 0 Å². The minimum absolute atomic E-state index is 0.0483. The summed E-state index contributed by atoms with van der Waals surface area (Å²) in [6.07, 6.45) is 10.1. The number of amides is 1. The van der Waals surface area contributed by atoms with Gasteiger partial charge in [0.2, 0.25) is 5.91 Å². The van der Waals surface area contributed by atoms with Crippen molar-refractivity contribution in [1.29, 1.82) is 0 Å². The summed E-state index contributed by atoms with van der Waals surface area (Å²) in [6.45, 7) is 1.43. The molecule has 4 heteroatoms. The lowest BCUT2D eigenvalue weighted by molar-refractivity contribution is -0.125. The van der Waals surface area contributed by atoms with Crippen molar-refractivity contribution in [3.05, 3.63) is 66.0 Å². The molecule has 0 unspecified atom stereocenters. The Labute approximate surface area is 130 Å². The first-order chi connectivity index (χ1) is 10.7. The number of aryl methyl sites for hydroxylation is 1. The predicted octanol–water partition coefficient (Wildman–Crippen LogP) is 2.75. The van der Waals surface area contributed by atoms with Gasteiger partial charge in [-0.05, 0) is 23.6 Å². The molecule has 3 rings (SSSR count). The Balaban J connectivity index is 1.62. The number of aromatic nitrogens is 2. The molecule has 22 heavy (non-hydrogen) atoms. The first-order valence-electron chi connectivity index (χ1n) is 7.42. The maximum Gasteiger partial charge on any atom is 0.246 e. The molecule has 1 amide bonds. The van der Waals surface area contributed by atoms with Gasteiger partial charge >= 0.3 is 0 Å². The van der Waals surface area contributed by atoms with Gasteiger partial charge in [0.15, 0.2) is 0 Å². The van der Waals surface area contributed by atoms with E-state index in [0.717, 1.165) is 18.5 Å². The van der Waals surface area contributed by atoms with Gasteiger partial charge in [0, 0.05) is 38.0 Å². The van der Waals surface area contributed by atoms with Crippen molar-refractivity contribution in [3.8, 4) is 0 Å². The third-order valence-electron chi connectivity index (χ3n) is 3.81. The molecule has 1 aromatic carbocycles. The van der Waals surface area contributed by atoms with E-state index in [1.807, 2.05) is 42.4 Å². The highest BCUT2D eigenvalue weighted by Crippen LogP contribution is 2.22. The summed E-state index contributed by atoms with van der Waals surface area (Å²) in [7, 11) is 1.86. The molecule has 0 aliphatic carbocycles. The van der Waals surface area contributed by atoms with E-state index in [1.54, 1.807) is 17.0 Å². The zero-order valence-corrected chi connectivity index (χ0v) is 12.6. The summed E-state index contributed by atoms with van der Waals surface area (Å²) >= 11 is 0. The lowest BCUT2D eigenvalue weighted by Crippen LogP contribution is -2.33. The van der Waals surface area contributed by atoms with Gasteiger partial charge in [0.25, 0.3) is 0 Å². The second kappa shape index (κ2) is 6.43. The molecule has 0 radical (unpaired) electrons. The minimum atomic E-state index is 0.0483. The van der Waals surface area contributed by atoms with Crippen LogP contribution in [-0.4, -0.2) is 33.7 Å². The van der Waals surface area contributed by atoms with Crippen LogP contribution in [0.3, 0.4) is 0 Å². The molecular formula is C18H19N3O. The average Bonchev–Trinajstić information content (AvgIpc) is 2.99. The van der Waals surface area contributed by atoms with Crippen molar-refractivity contribution in [1.82, 2.24) is 14.7 Å². The van der Waals surface area contributed by atoms with Crippen LogP contribution in [-0.2, 0) is 11.8 Å². The highest BCUT2D eigenvalue weighted by Gasteiger charge is 2.15. The van der Waals surface area contributed by atoms with Gasteiger partial charge in [-0.3, -0.25) is 9.48 Å². The molecule has 0 atom stereocenters. The van der Waals surface area contributed by atoms with Crippen LogP contribution in [0, 0.1) is 0 Å². The lowest BCUT2D eigenvalue weighted by atomic mass is 9.99. The molecule has 0 spiro atoms. The van der Waals surface area contributed by atoms with E-state index in [1.165, 1.54) is 11.1 Å². The molecule has 112 valence electrons. The molecule has 1 aliphatic heterocycles. The monoisotopic (exact) mass is 293 g/mol. The molecule has 0 N–H and O–H groups in total. The van der Waals surface area contributed by atoms with E-state index in [-0.39, 0.29) is 5.91 Å². The summed E-state index contributed by atoms with van der Waals surface area (Å²) in [6, 6.07) is 10.3. The first-order valence-corrected chi connectivity index (χ1v) is 7.42. The summed E-state index contributed by atoms with van der Waals surface area (Å²) in [5.41, 5.74) is 3.51. The molecule has 2 heterocycles. The standard InChI is InChI=1S/C18H19N3O/c1-20-14-15(13-19-20)7-8-18(22)21-11-9-17(10-12-21)16-5-3-2-4-6-16/h2-9,13-14H,10-12H2,1H3. The molecule has 2 aromatic rings. The average molecular weight is 293 g/mol. The van der Waals surface area contributed by atoms with Gasteiger partial charge < -0.3 is 4.90 Å². The van der Waals surface area contributed by atoms with Gasteiger partial charge in [0.05, 0.1) is 6.20 Å². The molecule has 4 nitrogen and oxygen atoms in total. The third-order valence-corrected chi connectivity index (χ3v) is 3.81. The number of carbonyl (C=O) groups is 1. The van der Waals surface area contributed by atoms with Crippen molar-refractivity contribution >= 4 is 17.6 Å². The quantitative estimate of drug-likeness (QED) is 0.816. The van der Waals surface area contributed by atoms with Gasteiger partial charge in [-0.1, -0.05) is 36.4 Å². The van der Waals surface area contributed by atoms with Crippen LogP contribution in [0.2, 0.25) is 0 Å². The van der Waals surface area contributed by atoms with E-state index in [4.69, 9.17) is 0 Å². The Morgan fingerprint density at radius 1 is 1.27 bits per heavy atom. The fourth-order valence-electron chi connectivity index (χ4n) is 2.58. The smallest absolute Gasteiger partial charge is 0.246 e. The maximum atomic E-state index is 12.2. The summed E-state index contributed by atoms with van der Waals surface area (Å²) in [4.78, 5) is 14.1. The normalized spacial score (nSPS) is 15.1. The molecule has 0 saturated carbocycles. The molecule has 0 fully saturated rings. The first kappa shape index (κ1) is 14.3. The second-order valence-electron chi connectivity index (χ2n) is 5.41. The van der Waals surface area contributed by atoms with Gasteiger partial charge in [-0.25, -0.2) is 0 Å². The largest absolute Gasteiger partial charge is 0.335 e. The molecular weight excluding hydrogens is 274 g/mol. The zero-order chi connectivity index (χ0) is 15.4. The fourth-order valence-corrected chi connectivity index (χ4v) is 2.58. The Morgan fingerprint density at radius 2 is 2.09 bits per heavy atom. The van der Waals surface area contributed by atoms with E-state index in [0.29, 0.717) is 6.54 Å². The summed E-state index contributed by atoms with van der Waals surface area (Å²) in [5, 5.41) is 4.08. The zero-order valence-electron chi connectivity index (χ0n) is 12.6. The summed E-state index contributed by atoms with van der Waals surface area (Å²) < 4.78 is 1.72. The van der Waals surface area contributed by atoms with Crippen LogP contribution in [0.1, 0.15) is 17.5 Å². The van der Waals surface area contributed by atoms with Crippen LogP contribution < -0.4 is 0 Å². The van der Waals surface area contributed by atoms with E-state index in [2.05, 4.69) is 23.3 Å². The number of rotatable bonds is 3. The minimum Gasteiger partial charge on any atom is -0.335 e. The SMILES string of the molecule is Cn1cc(C=CC(=O)N2CC=C(c3ccccc3)CC2)cn1. The van der Waals surface area contributed by atoms with Crippen molar-refractivity contribution in [2.75, 3.05) is 13.1 Å². The van der Waals surface area contributed by atoms with Crippen LogP contribution in [0.5, 0.6) is 0 Å². The Kier molecular flexibility index (Phi) is 4.19. The van der Waals surface area contributed by atoms with Crippen LogP contribution in [0.15, 0.2) is 54.9 Å². The van der Waals surface area contributed by atoms with Crippen LogP contribution >= 0.6 is 0 Å². The number of nitrogens with zero attached hydrogens (tertiary/aromatic N) is 3. The van der Waals surface area contributed by atoms with Crippen molar-refractivity contribution in [3.63, 3.8) is 0 Å².